The molecule has 1 aliphatic rings. The summed E-state index contributed by atoms with van der Waals surface area (Å²) in [6, 6.07) is 13.0. The molecule has 1 aliphatic heterocycles. The van der Waals surface area contributed by atoms with Gasteiger partial charge >= 0.3 is 0 Å². The molecule has 0 fully saturated rings. The van der Waals surface area contributed by atoms with Crippen molar-refractivity contribution in [2.75, 3.05) is 6.61 Å². The van der Waals surface area contributed by atoms with Gasteiger partial charge in [-0.3, -0.25) is 9.93 Å². The highest BCUT2D eigenvalue weighted by Crippen LogP contribution is 2.35. The van der Waals surface area contributed by atoms with Crippen LogP contribution in [0.5, 0.6) is 5.75 Å². The number of carbonyl (C=O) groups excluding carboxylic acids is 1. The summed E-state index contributed by atoms with van der Waals surface area (Å²) in [4.78, 5) is 13.7. The summed E-state index contributed by atoms with van der Waals surface area (Å²) in [7, 11) is 1.86. The molecule has 0 spiro atoms. The van der Waals surface area contributed by atoms with Gasteiger partial charge in [-0.1, -0.05) is 23.7 Å². The van der Waals surface area contributed by atoms with Crippen LogP contribution in [0.3, 0.4) is 0 Å². The minimum Gasteiger partial charge on any atom is -0.491 e. The van der Waals surface area contributed by atoms with E-state index in [1.54, 1.807) is 0 Å². The molecule has 0 saturated carbocycles. The second kappa shape index (κ2) is 6.29. The van der Waals surface area contributed by atoms with E-state index in [4.69, 9.17) is 21.5 Å². The molecule has 5 nitrogen and oxygen atoms in total. The van der Waals surface area contributed by atoms with Crippen LogP contribution >= 0.6 is 23.5 Å². The number of nitrogens with zero attached hydrogens (tertiary/aromatic N) is 1. The first-order valence-electron chi connectivity index (χ1n) is 7.76. The first kappa shape index (κ1) is 16.3. The van der Waals surface area contributed by atoms with Crippen LogP contribution in [0.4, 0.5) is 0 Å². The van der Waals surface area contributed by atoms with Crippen LogP contribution in [0.2, 0.25) is 5.02 Å². The topological polar surface area (TPSA) is 69.3 Å². The predicted molar refractivity (Wildman–Crippen MR) is 100 cm³/mol. The Morgan fingerprint density at radius 2 is 2.16 bits per heavy atom. The number of nitrogens with two attached hydrogens (primary N) is 1. The Bertz CT molecular complexity index is 986. The number of aryl methyl sites for hydroxylation is 1. The lowest BCUT2D eigenvalue weighted by Gasteiger charge is -2.12. The minimum absolute atomic E-state index is 0.145. The first-order chi connectivity index (χ1) is 12.1. The fourth-order valence-corrected chi connectivity index (χ4v) is 3.62. The van der Waals surface area contributed by atoms with Gasteiger partial charge in [0, 0.05) is 33.4 Å². The number of benzene rings is 2. The molecule has 0 aliphatic carbocycles. The number of ether oxygens (including phenoxy) is 1. The number of nitrogens with one attached hydrogen (secondary N) is 1. The molecule has 128 valence electrons. The van der Waals surface area contributed by atoms with E-state index >= 15 is 0 Å². The van der Waals surface area contributed by atoms with Gasteiger partial charge in [-0.2, -0.15) is 0 Å². The summed E-state index contributed by atoms with van der Waals surface area (Å²) >= 11 is 7.23. The van der Waals surface area contributed by atoms with Gasteiger partial charge in [0.2, 0.25) is 0 Å². The van der Waals surface area contributed by atoms with Crippen LogP contribution in [-0.2, 0) is 7.05 Å². The number of amides is 1. The lowest BCUT2D eigenvalue weighted by Crippen LogP contribution is -2.30. The Hall–Kier alpha value is -2.15. The molecule has 3 N–H and O–H groups in total. The van der Waals surface area contributed by atoms with Gasteiger partial charge in [-0.25, -0.2) is 0 Å². The van der Waals surface area contributed by atoms with Crippen LogP contribution in [0, 0.1) is 0 Å². The summed E-state index contributed by atoms with van der Waals surface area (Å²) in [5.74, 6) is 0.623. The molecular weight excluding hydrogens is 358 g/mol. The van der Waals surface area contributed by atoms with Crippen LogP contribution in [0.25, 0.3) is 10.9 Å². The highest BCUT2D eigenvalue weighted by molar-refractivity contribution is 7.97. The monoisotopic (exact) mass is 373 g/mol. The first-order valence-corrected chi connectivity index (χ1v) is 9.02. The third-order valence-electron chi connectivity index (χ3n) is 4.45. The Morgan fingerprint density at radius 1 is 1.32 bits per heavy atom. The van der Waals surface area contributed by atoms with Crippen molar-refractivity contribution in [3.05, 3.63) is 58.7 Å². The van der Waals surface area contributed by atoms with Gasteiger partial charge < -0.3 is 14.6 Å². The van der Waals surface area contributed by atoms with Crippen LogP contribution in [-0.4, -0.2) is 17.1 Å². The lowest BCUT2D eigenvalue weighted by atomic mass is 10.1. The van der Waals surface area contributed by atoms with E-state index in [9.17, 15) is 4.79 Å². The minimum atomic E-state index is -0.180. The lowest BCUT2D eigenvalue weighted by molar-refractivity contribution is 0.0922. The van der Waals surface area contributed by atoms with E-state index in [1.165, 1.54) is 11.9 Å². The number of carbonyl (C=O) groups is 1. The average molecular weight is 374 g/mol. The Labute approximate surface area is 154 Å². The van der Waals surface area contributed by atoms with Crippen molar-refractivity contribution in [2.45, 2.75) is 10.9 Å². The molecule has 1 amide bonds. The van der Waals surface area contributed by atoms with Gasteiger partial charge in [0.1, 0.15) is 18.1 Å². The largest absolute Gasteiger partial charge is 0.491 e. The second-order valence-electron chi connectivity index (χ2n) is 5.95. The zero-order valence-corrected chi connectivity index (χ0v) is 15.0. The highest BCUT2D eigenvalue weighted by atomic mass is 35.5. The SMILES string of the molecule is Cn1c(C(=O)NC2COc3cc(SN)ccc32)cc2ccc(Cl)cc21. The van der Waals surface area contributed by atoms with Crippen molar-refractivity contribution in [1.29, 1.82) is 0 Å². The van der Waals surface area contributed by atoms with Crippen molar-refractivity contribution >= 4 is 40.4 Å². The smallest absolute Gasteiger partial charge is 0.268 e. The third kappa shape index (κ3) is 2.86. The van der Waals surface area contributed by atoms with E-state index in [1.807, 2.05) is 54.1 Å². The summed E-state index contributed by atoms with van der Waals surface area (Å²) < 4.78 is 7.54. The Morgan fingerprint density at radius 3 is 2.96 bits per heavy atom. The van der Waals surface area contributed by atoms with Gasteiger partial charge in [0.05, 0.1) is 6.04 Å². The van der Waals surface area contributed by atoms with Gasteiger partial charge in [0.25, 0.3) is 5.91 Å². The Balaban J connectivity index is 1.61. The van der Waals surface area contributed by atoms with Crippen LogP contribution in [0.15, 0.2) is 47.4 Å². The Kier molecular flexibility index (Phi) is 4.11. The van der Waals surface area contributed by atoms with Gasteiger partial charge in [-0.15, -0.1) is 0 Å². The highest BCUT2D eigenvalue weighted by Gasteiger charge is 2.27. The molecule has 1 aromatic heterocycles. The summed E-state index contributed by atoms with van der Waals surface area (Å²) in [6.07, 6.45) is 0. The number of fused-ring (bicyclic) bond motifs is 2. The quantitative estimate of drug-likeness (QED) is 0.687. The van der Waals surface area contributed by atoms with E-state index in [2.05, 4.69) is 5.32 Å². The normalized spacial score (nSPS) is 15.9. The molecule has 3 aromatic rings. The summed E-state index contributed by atoms with van der Waals surface area (Å²) in [5.41, 5.74) is 2.47. The molecule has 2 aromatic carbocycles. The van der Waals surface area contributed by atoms with E-state index in [0.717, 1.165) is 27.1 Å². The average Bonchev–Trinajstić information content (AvgIpc) is 3.16. The van der Waals surface area contributed by atoms with Crippen molar-refractivity contribution < 1.29 is 9.53 Å². The number of hydrogen-bond acceptors (Lipinski definition) is 4. The maximum atomic E-state index is 12.8. The predicted octanol–water partition coefficient (Wildman–Crippen LogP) is 3.66. The van der Waals surface area contributed by atoms with Crippen molar-refractivity contribution in [3.8, 4) is 5.75 Å². The number of aromatic nitrogens is 1. The van der Waals surface area contributed by atoms with Gasteiger partial charge in [-0.05, 0) is 42.3 Å². The number of halogens is 1. The molecule has 1 unspecified atom stereocenters. The zero-order chi connectivity index (χ0) is 17.6. The molecule has 1 atom stereocenters. The number of hydrogen-bond donors (Lipinski definition) is 2. The van der Waals surface area contributed by atoms with Gasteiger partial charge in [0.15, 0.2) is 0 Å². The molecule has 2 heterocycles. The van der Waals surface area contributed by atoms with Crippen molar-refractivity contribution in [1.82, 2.24) is 9.88 Å². The molecular formula is C18H16ClN3O2S. The number of rotatable bonds is 3. The summed E-state index contributed by atoms with van der Waals surface area (Å²) in [5, 5.41) is 10.3. The van der Waals surface area contributed by atoms with E-state index in [0.29, 0.717) is 17.3 Å². The second-order valence-corrected chi connectivity index (χ2v) is 7.09. The molecule has 0 radical (unpaired) electrons. The maximum Gasteiger partial charge on any atom is 0.268 e. The maximum absolute atomic E-state index is 12.8. The van der Waals surface area contributed by atoms with Crippen LogP contribution in [0.1, 0.15) is 22.1 Å². The molecule has 0 saturated heterocycles. The summed E-state index contributed by atoms with van der Waals surface area (Å²) in [6.45, 7) is 0.412. The van der Waals surface area contributed by atoms with Crippen molar-refractivity contribution in [2.24, 2.45) is 12.2 Å². The standard InChI is InChI=1S/C18H16ClN3O2S/c1-22-15-7-11(19)3-2-10(15)6-16(22)18(23)21-14-9-24-17-8-12(25-20)4-5-13(14)17/h2-8,14H,9,20H2,1H3,(H,21,23). The third-order valence-corrected chi connectivity index (χ3v) is 5.21. The zero-order valence-electron chi connectivity index (χ0n) is 13.5. The molecule has 4 rings (SSSR count). The van der Waals surface area contributed by atoms with Crippen molar-refractivity contribution in [3.63, 3.8) is 0 Å². The molecule has 0 bridgehead atoms. The van der Waals surface area contributed by atoms with Crippen LogP contribution < -0.4 is 15.2 Å². The fraction of sp³-hybridized carbons (Fsp3) is 0.167. The van der Waals surface area contributed by atoms with E-state index < -0.39 is 0 Å². The fourth-order valence-electron chi connectivity index (χ4n) is 3.14. The molecule has 25 heavy (non-hydrogen) atoms. The van der Waals surface area contributed by atoms with E-state index in [-0.39, 0.29) is 11.9 Å². The molecule has 7 heteroatoms.